The number of rotatable bonds is 7. The van der Waals surface area contributed by atoms with E-state index in [0.29, 0.717) is 24.6 Å². The van der Waals surface area contributed by atoms with E-state index in [1.807, 2.05) is 0 Å². The Kier molecular flexibility index (Phi) is 5.57. The van der Waals surface area contributed by atoms with Crippen LogP contribution in [0.5, 0.6) is 0 Å². The summed E-state index contributed by atoms with van der Waals surface area (Å²) in [5, 5.41) is 2.75. The predicted octanol–water partition coefficient (Wildman–Crippen LogP) is 2.11. The summed E-state index contributed by atoms with van der Waals surface area (Å²) in [5.74, 6) is 0.401. The third-order valence-electron chi connectivity index (χ3n) is 4.01. The first-order chi connectivity index (χ1) is 10.5. The molecule has 0 saturated heterocycles. The van der Waals surface area contributed by atoms with E-state index in [1.165, 1.54) is 10.8 Å². The third-order valence-corrected chi connectivity index (χ3v) is 4.01. The average Bonchev–Trinajstić information content (AvgIpc) is 3.31. The van der Waals surface area contributed by atoms with Crippen molar-refractivity contribution in [3.63, 3.8) is 0 Å². The first-order valence-electron chi connectivity index (χ1n) is 8.16. The molecule has 1 amide bonds. The molecule has 1 aromatic heterocycles. The number of aryl methyl sites for hydroxylation is 1. The normalized spacial score (nSPS) is 14.1. The summed E-state index contributed by atoms with van der Waals surface area (Å²) in [4.78, 5) is 36.6. The van der Waals surface area contributed by atoms with Crippen molar-refractivity contribution in [1.29, 1.82) is 0 Å². The monoisotopic (exact) mass is 309 g/mol. The van der Waals surface area contributed by atoms with Gasteiger partial charge < -0.3 is 5.32 Å². The Balaban J connectivity index is 0.00000264. The number of hydrogen-bond donors (Lipinski definition) is 1. The Labute approximate surface area is 131 Å². The summed E-state index contributed by atoms with van der Waals surface area (Å²) in [6.07, 6.45) is 7.67. The van der Waals surface area contributed by atoms with Gasteiger partial charge in [0.15, 0.2) is 0 Å². The average molecular weight is 309 g/mol. The van der Waals surface area contributed by atoms with Crippen LogP contribution < -0.4 is 16.6 Å². The van der Waals surface area contributed by atoms with Crippen LogP contribution in [0.4, 0.5) is 4.79 Å². The van der Waals surface area contributed by atoms with Gasteiger partial charge in [-0.1, -0.05) is 26.2 Å². The number of carbonyl (C=O) groups is 1. The molecule has 6 heteroatoms. The predicted molar refractivity (Wildman–Crippen MR) is 87.5 cm³/mol. The first-order valence-corrected chi connectivity index (χ1v) is 8.16. The highest BCUT2D eigenvalue weighted by Gasteiger charge is 2.24. The summed E-state index contributed by atoms with van der Waals surface area (Å²) < 4.78 is 2.22. The number of nitrogens with zero attached hydrogens (tertiary/aromatic N) is 2. The molecule has 1 saturated carbocycles. The molecule has 1 fully saturated rings. The van der Waals surface area contributed by atoms with Crippen molar-refractivity contribution in [2.45, 2.75) is 58.9 Å². The van der Waals surface area contributed by atoms with E-state index in [4.69, 9.17) is 0 Å². The lowest BCUT2D eigenvalue weighted by Gasteiger charge is -2.11. The van der Waals surface area contributed by atoms with Crippen LogP contribution >= 0.6 is 0 Å². The van der Waals surface area contributed by atoms with Gasteiger partial charge in [0.1, 0.15) is 0 Å². The third kappa shape index (κ3) is 4.08. The van der Waals surface area contributed by atoms with Crippen LogP contribution in [-0.2, 0) is 6.54 Å². The van der Waals surface area contributed by atoms with Gasteiger partial charge in [-0.15, -0.1) is 0 Å². The molecule has 0 unspecified atom stereocenters. The van der Waals surface area contributed by atoms with E-state index in [0.717, 1.165) is 43.1 Å². The highest BCUT2D eigenvalue weighted by molar-refractivity contribution is 5.76. The molecule has 0 radical (unpaired) electrons. The standard InChI is InChI=1S/C16H25N3O3.H2/c1-3-4-5-6-9-17-15(21)19-10-12(2)14(20)18(16(19)22)11-13-7-8-13;/h10,13H,3-9,11H2,1-2H3,(H,17,21);1H. The number of aromatic nitrogens is 2. The smallest absolute Gasteiger partial charge is 0.337 e. The molecule has 1 aromatic rings. The lowest BCUT2D eigenvalue weighted by molar-refractivity contribution is 0.240. The lowest BCUT2D eigenvalue weighted by atomic mass is 10.2. The molecular weight excluding hydrogens is 282 g/mol. The highest BCUT2D eigenvalue weighted by Crippen LogP contribution is 2.29. The minimum atomic E-state index is -0.534. The summed E-state index contributed by atoms with van der Waals surface area (Å²) in [6, 6.07) is -0.450. The zero-order valence-electron chi connectivity index (χ0n) is 13.4. The molecule has 1 aliphatic carbocycles. The molecule has 2 rings (SSSR count). The van der Waals surface area contributed by atoms with Gasteiger partial charge in [-0.05, 0) is 32.1 Å². The van der Waals surface area contributed by atoms with Crippen molar-refractivity contribution < 1.29 is 6.22 Å². The number of carbonyl (C=O) groups excluding carboxylic acids is 1. The number of nitrogens with one attached hydrogen (secondary N) is 1. The van der Waals surface area contributed by atoms with Crippen molar-refractivity contribution in [1.82, 2.24) is 14.5 Å². The second kappa shape index (κ2) is 7.42. The molecule has 124 valence electrons. The zero-order chi connectivity index (χ0) is 16.1. The number of unbranched alkanes of at least 4 members (excludes halogenated alkanes) is 3. The Morgan fingerprint density at radius 2 is 2.05 bits per heavy atom. The largest absolute Gasteiger partial charge is 0.339 e. The molecule has 1 N–H and O–H groups in total. The quantitative estimate of drug-likeness (QED) is 0.784. The van der Waals surface area contributed by atoms with E-state index in [2.05, 4.69) is 12.2 Å². The van der Waals surface area contributed by atoms with E-state index in [9.17, 15) is 14.4 Å². The molecule has 0 bridgehead atoms. The van der Waals surface area contributed by atoms with Crippen LogP contribution in [-0.4, -0.2) is 21.7 Å². The molecule has 1 heterocycles. The van der Waals surface area contributed by atoms with Crippen molar-refractivity contribution >= 4 is 6.03 Å². The highest BCUT2D eigenvalue weighted by atomic mass is 16.2. The van der Waals surface area contributed by atoms with Crippen LogP contribution in [0.2, 0.25) is 0 Å². The van der Waals surface area contributed by atoms with Crippen molar-refractivity contribution in [3.05, 3.63) is 32.6 Å². The van der Waals surface area contributed by atoms with E-state index < -0.39 is 11.7 Å². The Bertz CT molecular complexity index is 647. The van der Waals surface area contributed by atoms with Crippen LogP contribution in [0.1, 0.15) is 52.4 Å². The van der Waals surface area contributed by atoms with Gasteiger partial charge in [-0.25, -0.2) is 14.2 Å². The van der Waals surface area contributed by atoms with Crippen LogP contribution in [0.25, 0.3) is 0 Å². The molecule has 1 aliphatic rings. The van der Waals surface area contributed by atoms with E-state index in [-0.39, 0.29) is 6.99 Å². The van der Waals surface area contributed by atoms with Gasteiger partial charge in [0, 0.05) is 26.3 Å². The fraction of sp³-hybridized carbons (Fsp3) is 0.688. The van der Waals surface area contributed by atoms with E-state index in [1.54, 1.807) is 6.92 Å². The van der Waals surface area contributed by atoms with Gasteiger partial charge in [-0.2, -0.15) is 0 Å². The van der Waals surface area contributed by atoms with Crippen LogP contribution in [0.3, 0.4) is 0 Å². The maximum Gasteiger partial charge on any atom is 0.339 e. The molecule has 0 spiro atoms. The maximum atomic E-state index is 12.3. The Hall–Kier alpha value is -1.85. The van der Waals surface area contributed by atoms with Gasteiger partial charge in [0.05, 0.1) is 0 Å². The van der Waals surface area contributed by atoms with Gasteiger partial charge in [0.25, 0.3) is 5.56 Å². The molecule has 6 nitrogen and oxygen atoms in total. The fourth-order valence-electron chi connectivity index (χ4n) is 2.43. The minimum absolute atomic E-state index is 0. The second-order valence-electron chi connectivity index (χ2n) is 6.12. The SMILES string of the molecule is CCCCCCNC(=O)n1cc(C)c(=O)n(CC2CC2)c1=O.[HH]. The van der Waals surface area contributed by atoms with Gasteiger partial charge in [0.2, 0.25) is 0 Å². The number of amides is 1. The van der Waals surface area contributed by atoms with Gasteiger partial charge in [-0.3, -0.25) is 9.36 Å². The van der Waals surface area contributed by atoms with Gasteiger partial charge >= 0.3 is 11.7 Å². The summed E-state index contributed by atoms with van der Waals surface area (Å²) >= 11 is 0. The van der Waals surface area contributed by atoms with Crippen molar-refractivity contribution in [2.75, 3.05) is 6.54 Å². The second-order valence-corrected chi connectivity index (χ2v) is 6.12. The molecule has 22 heavy (non-hydrogen) atoms. The first kappa shape index (κ1) is 16.5. The molecular formula is C16H27N3O3. The summed E-state index contributed by atoms with van der Waals surface area (Å²) in [6.45, 7) is 4.73. The maximum absolute atomic E-state index is 12.3. The van der Waals surface area contributed by atoms with Crippen LogP contribution in [0, 0.1) is 12.8 Å². The minimum Gasteiger partial charge on any atom is -0.337 e. The summed E-state index contributed by atoms with van der Waals surface area (Å²) in [5.41, 5.74) is -0.404. The Morgan fingerprint density at radius 3 is 2.68 bits per heavy atom. The molecule has 0 aliphatic heterocycles. The Morgan fingerprint density at radius 1 is 1.32 bits per heavy atom. The fourth-order valence-corrected chi connectivity index (χ4v) is 2.43. The van der Waals surface area contributed by atoms with Crippen LogP contribution in [0.15, 0.2) is 15.8 Å². The lowest BCUT2D eigenvalue weighted by Crippen LogP contribution is -2.46. The van der Waals surface area contributed by atoms with Crippen molar-refractivity contribution in [3.8, 4) is 0 Å². The zero-order valence-corrected chi connectivity index (χ0v) is 13.4. The summed E-state index contributed by atoms with van der Waals surface area (Å²) in [7, 11) is 0. The topological polar surface area (TPSA) is 73.1 Å². The molecule has 0 aromatic carbocycles. The van der Waals surface area contributed by atoms with Crippen molar-refractivity contribution in [2.24, 2.45) is 5.92 Å². The van der Waals surface area contributed by atoms with E-state index >= 15 is 0 Å². The number of hydrogen-bond acceptors (Lipinski definition) is 3. The molecule has 0 atom stereocenters.